The Hall–Kier alpha value is 0. The molecule has 0 rings (SSSR count). The van der Waals surface area contributed by atoms with Crippen molar-refractivity contribution in [3.05, 3.63) is 5.92 Å². The van der Waals surface area contributed by atoms with Crippen LogP contribution in [0.1, 0.15) is 163 Å². The summed E-state index contributed by atoms with van der Waals surface area (Å²) in [4.78, 5) is 0. The minimum Gasteiger partial charge on any atom is -0.0654 e. The van der Waals surface area contributed by atoms with Gasteiger partial charge in [-0.2, -0.15) is 0 Å². The number of rotatable bonds is 22. The predicted octanol–water partition coefficient (Wildman–Crippen LogP) is 10.4. The summed E-state index contributed by atoms with van der Waals surface area (Å²) in [6, 6.07) is 0. The Morgan fingerprint density at radius 1 is 0.407 bits per heavy atom. The Morgan fingerprint density at radius 3 is 1.37 bits per heavy atom. The van der Waals surface area contributed by atoms with Crippen molar-refractivity contribution >= 4 is 0 Å². The molecular formula is C27H55. The number of unbranched alkanes of at least 4 members (excludes halogenated alkanes) is 13. The highest BCUT2D eigenvalue weighted by Crippen LogP contribution is 2.34. The van der Waals surface area contributed by atoms with Gasteiger partial charge in [0.15, 0.2) is 0 Å². The van der Waals surface area contributed by atoms with E-state index in [1.165, 1.54) is 135 Å². The second-order valence-electron chi connectivity index (χ2n) is 9.03. The van der Waals surface area contributed by atoms with Crippen LogP contribution >= 0.6 is 0 Å². The van der Waals surface area contributed by atoms with E-state index in [9.17, 15) is 0 Å². The van der Waals surface area contributed by atoms with E-state index >= 15 is 0 Å². The van der Waals surface area contributed by atoms with E-state index < -0.39 is 0 Å². The molecule has 0 aliphatic rings. The summed E-state index contributed by atoms with van der Waals surface area (Å²) < 4.78 is 0. The highest BCUT2D eigenvalue weighted by molar-refractivity contribution is 4.96. The molecule has 0 aromatic heterocycles. The monoisotopic (exact) mass is 379 g/mol. The van der Waals surface area contributed by atoms with Crippen molar-refractivity contribution in [2.75, 3.05) is 0 Å². The molecule has 163 valence electrons. The zero-order valence-corrected chi connectivity index (χ0v) is 19.9. The fourth-order valence-electron chi connectivity index (χ4n) is 4.51. The van der Waals surface area contributed by atoms with Gasteiger partial charge in [-0.1, -0.05) is 137 Å². The summed E-state index contributed by atoms with van der Waals surface area (Å²) in [5.74, 6) is 2.89. The third kappa shape index (κ3) is 17.8. The van der Waals surface area contributed by atoms with Gasteiger partial charge < -0.3 is 0 Å². The lowest BCUT2D eigenvalue weighted by Gasteiger charge is -2.27. The first kappa shape index (κ1) is 27.0. The second kappa shape index (κ2) is 22.3. The quantitative estimate of drug-likeness (QED) is 0.164. The Bertz CT molecular complexity index is 257. The summed E-state index contributed by atoms with van der Waals surface area (Å²) in [6.07, 6.45) is 30.2. The smallest absolute Gasteiger partial charge is 0.0210 e. The van der Waals surface area contributed by atoms with E-state index in [0.717, 1.165) is 5.92 Å². The largest absolute Gasteiger partial charge is 0.0654 e. The molecule has 0 amide bonds. The van der Waals surface area contributed by atoms with Crippen LogP contribution in [0.15, 0.2) is 0 Å². The van der Waals surface area contributed by atoms with Gasteiger partial charge in [0.1, 0.15) is 0 Å². The van der Waals surface area contributed by atoms with Gasteiger partial charge in [-0.25, -0.2) is 0 Å². The molecule has 0 aliphatic carbocycles. The number of hydrogen-bond donors (Lipinski definition) is 0. The maximum absolute atomic E-state index is 2.38. The van der Waals surface area contributed by atoms with Gasteiger partial charge in [-0.15, -0.1) is 0 Å². The third-order valence-corrected chi connectivity index (χ3v) is 6.31. The molecule has 0 nitrogen and oxygen atoms in total. The number of hydrogen-bond acceptors (Lipinski definition) is 0. The van der Waals surface area contributed by atoms with E-state index in [-0.39, 0.29) is 0 Å². The Balaban J connectivity index is 4.12. The predicted molar refractivity (Wildman–Crippen MR) is 126 cm³/mol. The van der Waals surface area contributed by atoms with Gasteiger partial charge in [0.2, 0.25) is 0 Å². The molecule has 0 aromatic rings. The van der Waals surface area contributed by atoms with Crippen molar-refractivity contribution in [1.82, 2.24) is 0 Å². The molecule has 0 saturated heterocycles. The van der Waals surface area contributed by atoms with Crippen LogP contribution in [0.4, 0.5) is 0 Å². The van der Waals surface area contributed by atoms with Crippen LogP contribution in [-0.4, -0.2) is 0 Å². The van der Waals surface area contributed by atoms with Gasteiger partial charge in [0.05, 0.1) is 0 Å². The van der Waals surface area contributed by atoms with Crippen molar-refractivity contribution in [1.29, 1.82) is 0 Å². The van der Waals surface area contributed by atoms with E-state index in [0.29, 0.717) is 0 Å². The molecule has 0 fully saturated rings. The Labute approximate surface area is 174 Å². The minimum atomic E-state index is 0.945. The molecule has 0 heteroatoms. The molecule has 1 unspecified atom stereocenters. The van der Waals surface area contributed by atoms with E-state index in [1.807, 2.05) is 5.92 Å². The highest BCUT2D eigenvalue weighted by Gasteiger charge is 2.20. The van der Waals surface area contributed by atoms with Crippen molar-refractivity contribution in [2.45, 2.75) is 163 Å². The first-order valence-electron chi connectivity index (χ1n) is 13.1. The summed E-state index contributed by atoms with van der Waals surface area (Å²) in [7, 11) is 0. The first-order valence-corrected chi connectivity index (χ1v) is 13.1. The van der Waals surface area contributed by atoms with E-state index in [1.54, 1.807) is 0 Å². The summed E-state index contributed by atoms with van der Waals surface area (Å²) in [5.41, 5.74) is 0. The van der Waals surface area contributed by atoms with Crippen LogP contribution < -0.4 is 0 Å². The Kier molecular flexibility index (Phi) is 22.3. The van der Waals surface area contributed by atoms with Crippen molar-refractivity contribution in [3.63, 3.8) is 0 Å². The minimum absolute atomic E-state index is 0.945. The van der Waals surface area contributed by atoms with Crippen LogP contribution in [0.2, 0.25) is 0 Å². The van der Waals surface area contributed by atoms with Crippen molar-refractivity contribution in [3.8, 4) is 0 Å². The first-order chi connectivity index (χ1) is 13.3. The van der Waals surface area contributed by atoms with E-state index in [2.05, 4.69) is 27.7 Å². The molecule has 0 bridgehead atoms. The third-order valence-electron chi connectivity index (χ3n) is 6.31. The molecule has 27 heavy (non-hydrogen) atoms. The fourth-order valence-corrected chi connectivity index (χ4v) is 4.51. The topological polar surface area (TPSA) is 0 Å². The maximum atomic E-state index is 2.38. The molecule has 0 N–H and O–H groups in total. The lowest BCUT2D eigenvalue weighted by Crippen LogP contribution is -2.13. The van der Waals surface area contributed by atoms with Crippen LogP contribution in [0.3, 0.4) is 0 Å². The van der Waals surface area contributed by atoms with Gasteiger partial charge in [-0.3, -0.25) is 0 Å². The van der Waals surface area contributed by atoms with Crippen LogP contribution in [0.5, 0.6) is 0 Å². The molecule has 0 aromatic carbocycles. The van der Waals surface area contributed by atoms with Crippen molar-refractivity contribution in [2.24, 2.45) is 5.92 Å². The fraction of sp³-hybridized carbons (Fsp3) is 0.963. The summed E-state index contributed by atoms with van der Waals surface area (Å²) >= 11 is 0. The molecule has 0 spiro atoms. The molecular weight excluding hydrogens is 324 g/mol. The van der Waals surface area contributed by atoms with Gasteiger partial charge >= 0.3 is 0 Å². The highest BCUT2D eigenvalue weighted by atomic mass is 14.3. The lowest BCUT2D eigenvalue weighted by molar-refractivity contribution is 0.381. The van der Waals surface area contributed by atoms with Crippen LogP contribution in [-0.2, 0) is 0 Å². The van der Waals surface area contributed by atoms with Crippen LogP contribution in [0, 0.1) is 11.8 Å². The van der Waals surface area contributed by atoms with Gasteiger partial charge in [-0.05, 0) is 37.5 Å². The zero-order valence-electron chi connectivity index (χ0n) is 19.9. The average Bonchev–Trinajstić information content (AvgIpc) is 2.68. The Morgan fingerprint density at radius 2 is 0.852 bits per heavy atom. The van der Waals surface area contributed by atoms with E-state index in [4.69, 9.17) is 0 Å². The normalized spacial score (nSPS) is 12.8. The van der Waals surface area contributed by atoms with Crippen molar-refractivity contribution < 1.29 is 0 Å². The summed E-state index contributed by atoms with van der Waals surface area (Å²) in [5, 5.41) is 0. The maximum Gasteiger partial charge on any atom is -0.0210 e. The molecule has 0 heterocycles. The average molecular weight is 380 g/mol. The van der Waals surface area contributed by atoms with Gasteiger partial charge in [0.25, 0.3) is 0 Å². The van der Waals surface area contributed by atoms with Gasteiger partial charge in [0, 0.05) is 0 Å². The SMILES string of the molecule is CCCCCCCCC[C](CCC)C(CCCC)CCCCCCCCC. The standard InChI is InChI=1S/C27H55/c1-5-9-12-14-16-18-20-24-26(22-8-4)27(23-11-7-3)25-21-19-17-15-13-10-6-2/h27H,5-25H2,1-4H3. The molecule has 0 aliphatic heterocycles. The molecule has 0 saturated carbocycles. The zero-order chi connectivity index (χ0) is 20.0. The second-order valence-corrected chi connectivity index (χ2v) is 9.03. The summed E-state index contributed by atoms with van der Waals surface area (Å²) in [6.45, 7) is 9.37. The molecule has 1 radical (unpaired) electrons. The van der Waals surface area contributed by atoms with Crippen LogP contribution in [0.25, 0.3) is 0 Å². The lowest BCUT2D eigenvalue weighted by atomic mass is 9.78. The molecule has 1 atom stereocenters.